The van der Waals surface area contributed by atoms with Crippen molar-refractivity contribution < 1.29 is 43.2 Å². The van der Waals surface area contributed by atoms with E-state index in [2.05, 4.69) is 77.6 Å². The van der Waals surface area contributed by atoms with Gasteiger partial charge in [-0.25, -0.2) is 20.0 Å². The number of hydrogen-bond acceptors (Lipinski definition) is 17. The molecule has 0 aliphatic carbocycles. The third kappa shape index (κ3) is 23.0. The van der Waals surface area contributed by atoms with Crippen molar-refractivity contribution in [1.82, 2.24) is 66.5 Å². The van der Waals surface area contributed by atoms with Gasteiger partial charge in [0.05, 0.1) is 5.56 Å². The van der Waals surface area contributed by atoms with Crippen LogP contribution in [0.15, 0.2) is 87.2 Å². The largest absolute Gasteiger partial charge is 0.359 e. The highest BCUT2D eigenvalue weighted by molar-refractivity contribution is 6.19. The monoisotopic (exact) mass is 1490 g/mol. The molecule has 26 heteroatoms. The molecule has 4 unspecified atom stereocenters. The van der Waals surface area contributed by atoms with Crippen LogP contribution in [0.3, 0.4) is 0 Å². The Hall–Kier alpha value is -9.49. The molecule has 4 aliphatic heterocycles. The van der Waals surface area contributed by atoms with E-state index in [9.17, 15) is 43.2 Å². The van der Waals surface area contributed by atoms with Gasteiger partial charge in [-0.1, -0.05) is 108 Å². The van der Waals surface area contributed by atoms with Crippen molar-refractivity contribution in [3.8, 4) is 0 Å². The maximum absolute atomic E-state index is 13.1. The number of unbranched alkanes of at least 4 members (excludes halogenated alkanes) is 5. The average molecular weight is 1490 g/mol. The van der Waals surface area contributed by atoms with Crippen molar-refractivity contribution >= 4 is 76.5 Å². The summed E-state index contributed by atoms with van der Waals surface area (Å²) in [7, 11) is 6.53. The predicted molar refractivity (Wildman–Crippen MR) is 425 cm³/mol. The maximum Gasteiger partial charge on any atom is 0.256 e. The van der Waals surface area contributed by atoms with E-state index in [0.29, 0.717) is 86.5 Å². The van der Waals surface area contributed by atoms with E-state index in [-0.39, 0.29) is 76.8 Å². The van der Waals surface area contributed by atoms with Gasteiger partial charge >= 0.3 is 0 Å². The van der Waals surface area contributed by atoms with Crippen molar-refractivity contribution in [2.24, 2.45) is 43.6 Å². The van der Waals surface area contributed by atoms with Crippen molar-refractivity contribution in [3.63, 3.8) is 0 Å². The summed E-state index contributed by atoms with van der Waals surface area (Å²) in [6, 6.07) is 13.7. The van der Waals surface area contributed by atoms with Crippen LogP contribution in [0.4, 0.5) is 0 Å². The lowest BCUT2D eigenvalue weighted by Gasteiger charge is -2.25. The summed E-state index contributed by atoms with van der Waals surface area (Å²) in [6.45, 7) is 33.9. The molecule has 26 nitrogen and oxygen atoms in total. The minimum absolute atomic E-state index is 0.0111. The zero-order chi connectivity index (χ0) is 80.3. The van der Waals surface area contributed by atoms with E-state index in [0.717, 1.165) is 123 Å². The minimum Gasteiger partial charge on any atom is -0.359 e. The molecule has 0 saturated heterocycles. The van der Waals surface area contributed by atoms with Crippen LogP contribution in [0.2, 0.25) is 0 Å². The molecule has 4 aromatic rings. The molecule has 4 aromatic heterocycles. The standard InChI is InChI=1S/C22H33N5O3.3C20H30N4O2/c1-6-15-12-16(20(29)24-11-9-7-8-10-17(28)23-5)18(25-13-15)19-26-21(30)22(4,27-19)14(2)3;3*1-6-15-10-11-16(22-13-15)18-23-20(4,14(2)3)19(26)24(18)12-8-7-9-17(25)21-5/h12-14H,6-11H2,1-5H3,(H,23,28)(H,24,29)(H,26,27,30);3*10-11,13-14H,6-9,12H2,1-5H3,(H,21,25). The minimum atomic E-state index is -0.876. The normalized spacial score (nSPS) is 19.4. The summed E-state index contributed by atoms with van der Waals surface area (Å²) in [4.78, 5) is 152. The molecule has 0 radical (unpaired) electrons. The van der Waals surface area contributed by atoms with Gasteiger partial charge in [-0.15, -0.1) is 0 Å². The third-order valence-corrected chi connectivity index (χ3v) is 21.1. The number of hydrogen-bond donors (Lipinski definition) is 6. The summed E-state index contributed by atoms with van der Waals surface area (Å²) < 4.78 is 0. The van der Waals surface area contributed by atoms with Crippen molar-refractivity contribution in [2.75, 3.05) is 54.4 Å². The maximum atomic E-state index is 13.1. The molecule has 0 bridgehead atoms. The Morgan fingerprint density at radius 2 is 0.722 bits per heavy atom. The number of rotatable bonds is 34. The van der Waals surface area contributed by atoms with Crippen molar-refractivity contribution in [1.29, 1.82) is 0 Å². The molecule has 0 spiro atoms. The second-order valence-corrected chi connectivity index (χ2v) is 29.7. The number of pyridine rings is 4. The van der Waals surface area contributed by atoms with Crippen molar-refractivity contribution in [2.45, 2.75) is 242 Å². The predicted octanol–water partition coefficient (Wildman–Crippen LogP) is 9.66. The molecule has 0 saturated carbocycles. The van der Waals surface area contributed by atoms with Gasteiger partial charge in [0.25, 0.3) is 29.5 Å². The first-order valence-electron chi connectivity index (χ1n) is 38.8. The number of aromatic nitrogens is 4. The molecule has 8 rings (SSSR count). The molecule has 4 aliphatic rings. The van der Waals surface area contributed by atoms with Crippen LogP contribution >= 0.6 is 0 Å². The molecule has 9 amide bonds. The van der Waals surface area contributed by atoms with E-state index in [4.69, 9.17) is 15.0 Å². The third-order valence-electron chi connectivity index (χ3n) is 21.1. The Labute approximate surface area is 641 Å². The SMILES string of the molecule is CCc1ccc(C2=NC(C)(C(C)C)C(=O)N2CCCCC(=O)NC)nc1.CCc1ccc(C2=NC(C)(C(C)C)C(=O)N2CCCCC(=O)NC)nc1.CCc1ccc(C2=NC(C)(C(C)C)C(=O)N2CCCCC(=O)NC)nc1.CCc1cnc(C2=NC(C)(C(C)C)C(=O)N2)c(C(=O)NCCCCCC(=O)NC)c1. The molecular formula is C82H123N17O9. The van der Waals surface area contributed by atoms with Gasteiger partial charge in [-0.2, -0.15) is 0 Å². The van der Waals surface area contributed by atoms with Gasteiger partial charge in [-0.3, -0.25) is 77.8 Å². The molecule has 590 valence electrons. The van der Waals surface area contributed by atoms with Gasteiger partial charge in [0.15, 0.2) is 23.3 Å². The van der Waals surface area contributed by atoms with Gasteiger partial charge in [0.2, 0.25) is 23.6 Å². The summed E-state index contributed by atoms with van der Waals surface area (Å²) in [5, 5.41) is 16.2. The van der Waals surface area contributed by atoms with E-state index >= 15 is 0 Å². The highest BCUT2D eigenvalue weighted by Crippen LogP contribution is 2.36. The number of nitrogens with zero attached hydrogens (tertiary/aromatic N) is 11. The first kappa shape index (κ1) is 89.1. The Morgan fingerprint density at radius 1 is 0.407 bits per heavy atom. The Morgan fingerprint density at radius 3 is 1.00 bits per heavy atom. The number of amidine groups is 4. The number of carbonyl (C=O) groups excluding carboxylic acids is 9. The lowest BCUT2D eigenvalue weighted by molar-refractivity contribution is -0.132. The summed E-state index contributed by atoms with van der Waals surface area (Å²) in [6.07, 6.45) is 19.5. The van der Waals surface area contributed by atoms with E-state index in [1.54, 1.807) is 56.0 Å². The first-order chi connectivity index (χ1) is 51.2. The van der Waals surface area contributed by atoms with Crippen LogP contribution in [-0.2, 0) is 64.0 Å². The van der Waals surface area contributed by atoms with Gasteiger partial charge in [0, 0.05) is 105 Å². The lowest BCUT2D eigenvalue weighted by atomic mass is 9.89. The molecule has 0 aromatic carbocycles. The van der Waals surface area contributed by atoms with Crippen LogP contribution in [0.25, 0.3) is 0 Å². The second kappa shape index (κ2) is 41.7. The van der Waals surface area contributed by atoms with E-state index < -0.39 is 22.2 Å². The Balaban J connectivity index is 0.000000259. The molecule has 8 heterocycles. The zero-order valence-corrected chi connectivity index (χ0v) is 68.1. The number of amides is 9. The van der Waals surface area contributed by atoms with Crippen LogP contribution in [-0.4, -0.2) is 188 Å². The molecule has 4 atom stereocenters. The fraction of sp³-hybridized carbons (Fsp3) is 0.598. The summed E-state index contributed by atoms with van der Waals surface area (Å²) >= 11 is 0. The van der Waals surface area contributed by atoms with Crippen LogP contribution in [0, 0.1) is 23.7 Å². The molecule has 6 N–H and O–H groups in total. The van der Waals surface area contributed by atoms with Crippen LogP contribution in [0.1, 0.15) is 250 Å². The lowest BCUT2D eigenvalue weighted by Crippen LogP contribution is -2.44. The van der Waals surface area contributed by atoms with Gasteiger partial charge < -0.3 is 31.9 Å². The van der Waals surface area contributed by atoms with Gasteiger partial charge in [-0.05, 0) is 175 Å². The quantitative estimate of drug-likeness (QED) is 0.0237. The Kier molecular flexibility index (Phi) is 34.4. The van der Waals surface area contributed by atoms with Crippen LogP contribution in [0.5, 0.6) is 0 Å². The number of aryl methyl sites for hydroxylation is 4. The smallest absolute Gasteiger partial charge is 0.256 e. The molecule has 0 fully saturated rings. The fourth-order valence-electron chi connectivity index (χ4n) is 11.9. The van der Waals surface area contributed by atoms with Gasteiger partial charge in [0.1, 0.15) is 44.9 Å². The first-order valence-corrected chi connectivity index (χ1v) is 38.8. The number of aliphatic imine (C=N–C) groups is 4. The fourth-order valence-corrected chi connectivity index (χ4v) is 11.9. The van der Waals surface area contributed by atoms with Crippen LogP contribution < -0.4 is 31.9 Å². The highest BCUT2D eigenvalue weighted by atomic mass is 16.2. The molecular weight excluding hydrogens is 1370 g/mol. The second-order valence-electron chi connectivity index (χ2n) is 29.7. The zero-order valence-electron chi connectivity index (χ0n) is 68.1. The van der Waals surface area contributed by atoms with E-state index in [1.807, 2.05) is 144 Å². The summed E-state index contributed by atoms with van der Waals surface area (Å²) in [5.41, 5.74) is 4.22. The Bertz CT molecular complexity index is 3590. The van der Waals surface area contributed by atoms with E-state index in [1.165, 1.54) is 0 Å². The number of carbonyl (C=O) groups is 9. The van der Waals surface area contributed by atoms with Crippen molar-refractivity contribution in [3.05, 3.63) is 118 Å². The molecule has 108 heavy (non-hydrogen) atoms. The topological polar surface area (TPSA) is 337 Å². The highest BCUT2D eigenvalue weighted by Gasteiger charge is 2.50. The average Bonchev–Trinajstić information content (AvgIpc) is 1.63. The number of nitrogens with one attached hydrogen (secondary N) is 6. The summed E-state index contributed by atoms with van der Waals surface area (Å²) in [5.74, 6) is 2.30.